The smallest absolute Gasteiger partial charge is 0.243 e. The van der Waals surface area contributed by atoms with Gasteiger partial charge < -0.3 is 15.7 Å². The molecule has 1 aromatic rings. The minimum absolute atomic E-state index is 0.0268. The summed E-state index contributed by atoms with van der Waals surface area (Å²) in [7, 11) is -0.710. The molecule has 0 spiro atoms. The highest BCUT2D eigenvalue weighted by Crippen LogP contribution is 2.25. The van der Waals surface area contributed by atoms with Crippen LogP contribution in [0.4, 0.5) is 5.69 Å². The third-order valence-electron chi connectivity index (χ3n) is 2.80. The van der Waals surface area contributed by atoms with Gasteiger partial charge in [0.05, 0.1) is 17.1 Å². The summed E-state index contributed by atoms with van der Waals surface area (Å²) in [6.07, 6.45) is 0. The number of hydrogen-bond acceptors (Lipinski definition) is 5. The average Bonchev–Trinajstić information content (AvgIpc) is 2.38. The lowest BCUT2D eigenvalue weighted by atomic mass is 10.3. The molecule has 0 atom stereocenters. The van der Waals surface area contributed by atoms with E-state index in [1.807, 2.05) is 0 Å². The van der Waals surface area contributed by atoms with E-state index in [9.17, 15) is 18.3 Å². The van der Waals surface area contributed by atoms with Crippen molar-refractivity contribution in [1.29, 1.82) is 0 Å². The molecule has 0 saturated carbocycles. The van der Waals surface area contributed by atoms with Crippen LogP contribution in [0.3, 0.4) is 0 Å². The van der Waals surface area contributed by atoms with Gasteiger partial charge in [0.15, 0.2) is 0 Å². The Hall–Kier alpha value is -1.80. The van der Waals surface area contributed by atoms with Gasteiger partial charge in [0.25, 0.3) is 0 Å². The fourth-order valence-corrected chi connectivity index (χ4v) is 2.94. The van der Waals surface area contributed by atoms with E-state index in [-0.39, 0.29) is 35.3 Å². The van der Waals surface area contributed by atoms with E-state index in [4.69, 9.17) is 5.73 Å². The molecule has 0 radical (unpaired) electrons. The van der Waals surface area contributed by atoms with Crippen molar-refractivity contribution >= 4 is 21.6 Å². The number of likely N-dealkylation sites (N-methyl/N-ethyl adjacent to an activating group) is 2. The summed E-state index contributed by atoms with van der Waals surface area (Å²) in [6, 6.07) is 3.64. The van der Waals surface area contributed by atoms with E-state index in [1.54, 1.807) is 21.0 Å². The Kier molecular flexibility index (Phi) is 4.96. The van der Waals surface area contributed by atoms with Crippen LogP contribution in [0.1, 0.15) is 6.92 Å². The van der Waals surface area contributed by atoms with Crippen molar-refractivity contribution in [2.45, 2.75) is 11.8 Å². The van der Waals surface area contributed by atoms with Crippen LogP contribution in [-0.4, -0.2) is 55.8 Å². The third-order valence-corrected chi connectivity index (χ3v) is 4.72. The van der Waals surface area contributed by atoms with E-state index >= 15 is 0 Å². The highest BCUT2D eigenvalue weighted by Gasteiger charge is 2.26. The highest BCUT2D eigenvalue weighted by molar-refractivity contribution is 7.89. The van der Waals surface area contributed by atoms with Gasteiger partial charge in [-0.3, -0.25) is 4.79 Å². The fraction of sp³-hybridized carbons (Fsp3) is 0.417. The molecule has 112 valence electrons. The Morgan fingerprint density at radius 1 is 1.35 bits per heavy atom. The predicted octanol–water partition coefficient (Wildman–Crippen LogP) is 0.0732. The minimum Gasteiger partial charge on any atom is -0.506 e. The first-order chi connectivity index (χ1) is 9.20. The van der Waals surface area contributed by atoms with Crippen LogP contribution in [0.15, 0.2) is 23.1 Å². The number of amides is 1. The molecule has 0 aliphatic rings. The van der Waals surface area contributed by atoms with Crippen LogP contribution < -0.4 is 5.73 Å². The van der Waals surface area contributed by atoms with Crippen LogP contribution in [0.25, 0.3) is 0 Å². The van der Waals surface area contributed by atoms with Crippen LogP contribution in [-0.2, 0) is 14.8 Å². The summed E-state index contributed by atoms with van der Waals surface area (Å²) in [5, 5.41) is 9.33. The van der Waals surface area contributed by atoms with E-state index < -0.39 is 10.0 Å². The second kappa shape index (κ2) is 6.10. The molecule has 20 heavy (non-hydrogen) atoms. The van der Waals surface area contributed by atoms with Crippen molar-refractivity contribution in [1.82, 2.24) is 9.21 Å². The number of phenolic OH excluding ortho intramolecular Hbond substituents is 1. The van der Waals surface area contributed by atoms with Crippen molar-refractivity contribution < 1.29 is 18.3 Å². The molecular formula is C12H19N3O4S. The number of hydrogen-bond donors (Lipinski definition) is 2. The molecule has 1 rings (SSSR count). The van der Waals surface area contributed by atoms with Crippen molar-refractivity contribution in [3.8, 4) is 5.75 Å². The van der Waals surface area contributed by atoms with Gasteiger partial charge in [-0.25, -0.2) is 8.42 Å². The number of carbonyl (C=O) groups is 1. The lowest BCUT2D eigenvalue weighted by molar-refractivity contribution is -0.128. The maximum absolute atomic E-state index is 12.4. The number of rotatable bonds is 5. The zero-order valence-corrected chi connectivity index (χ0v) is 12.5. The zero-order chi connectivity index (χ0) is 15.5. The normalized spacial score (nSPS) is 11.6. The summed E-state index contributed by atoms with van der Waals surface area (Å²) in [5.74, 6) is -0.501. The van der Waals surface area contributed by atoms with Gasteiger partial charge in [0, 0.05) is 20.6 Å². The summed E-state index contributed by atoms with van der Waals surface area (Å²) in [6.45, 7) is 1.56. The Balaban J connectivity index is 3.12. The highest BCUT2D eigenvalue weighted by atomic mass is 32.2. The first kappa shape index (κ1) is 16.3. The summed E-state index contributed by atoms with van der Waals surface area (Å²) in [5.41, 5.74) is 5.47. The second-order valence-corrected chi connectivity index (χ2v) is 6.38. The molecule has 1 aromatic carbocycles. The molecule has 3 N–H and O–H groups in total. The Bertz CT molecular complexity index is 599. The minimum atomic E-state index is -3.82. The molecule has 0 aromatic heterocycles. The number of anilines is 1. The molecule has 8 heteroatoms. The maximum Gasteiger partial charge on any atom is 0.243 e. The summed E-state index contributed by atoms with van der Waals surface area (Å²) in [4.78, 5) is 12.9. The van der Waals surface area contributed by atoms with Crippen molar-refractivity contribution in [3.63, 3.8) is 0 Å². The number of phenols is 1. The van der Waals surface area contributed by atoms with Gasteiger partial charge in [0.2, 0.25) is 15.9 Å². The lowest BCUT2D eigenvalue weighted by Crippen LogP contribution is -2.40. The number of sulfonamides is 1. The number of nitrogens with two attached hydrogens (primary N) is 1. The molecular weight excluding hydrogens is 282 g/mol. The molecule has 1 amide bonds. The number of nitrogens with zero attached hydrogens (tertiary/aromatic N) is 2. The standard InChI is InChI=1S/C12H19N3O4S/c1-4-15(8-12(17)14(2)3)20(18,19)9-5-6-11(16)10(13)7-9/h5-7,16H,4,8,13H2,1-3H3. The molecule has 0 unspecified atom stereocenters. The molecule has 0 fully saturated rings. The van der Waals surface area contributed by atoms with Gasteiger partial charge >= 0.3 is 0 Å². The van der Waals surface area contributed by atoms with Crippen LogP contribution >= 0.6 is 0 Å². The Morgan fingerprint density at radius 3 is 2.40 bits per heavy atom. The predicted molar refractivity (Wildman–Crippen MR) is 75.6 cm³/mol. The molecule has 0 aliphatic carbocycles. The number of nitrogen functional groups attached to an aromatic ring is 1. The molecule has 7 nitrogen and oxygen atoms in total. The number of aromatic hydroxyl groups is 1. The SMILES string of the molecule is CCN(CC(=O)N(C)C)S(=O)(=O)c1ccc(O)c(N)c1. The van der Waals surface area contributed by atoms with Gasteiger partial charge in [-0.05, 0) is 18.2 Å². The van der Waals surface area contributed by atoms with Crippen molar-refractivity contribution in [2.75, 3.05) is 32.9 Å². The largest absolute Gasteiger partial charge is 0.506 e. The maximum atomic E-state index is 12.4. The van der Waals surface area contributed by atoms with Crippen molar-refractivity contribution in [3.05, 3.63) is 18.2 Å². The van der Waals surface area contributed by atoms with Gasteiger partial charge in [-0.2, -0.15) is 4.31 Å². The van der Waals surface area contributed by atoms with Crippen LogP contribution in [0.5, 0.6) is 5.75 Å². The van der Waals surface area contributed by atoms with E-state index in [0.717, 1.165) is 4.31 Å². The monoisotopic (exact) mass is 301 g/mol. The third kappa shape index (κ3) is 3.40. The number of carbonyl (C=O) groups excluding carboxylic acids is 1. The van der Waals surface area contributed by atoms with Crippen molar-refractivity contribution in [2.24, 2.45) is 0 Å². The molecule has 0 heterocycles. The fourth-order valence-electron chi connectivity index (χ4n) is 1.50. The first-order valence-electron chi connectivity index (χ1n) is 5.99. The van der Waals surface area contributed by atoms with E-state index in [1.165, 1.54) is 23.1 Å². The zero-order valence-electron chi connectivity index (χ0n) is 11.7. The van der Waals surface area contributed by atoms with Gasteiger partial charge in [-0.15, -0.1) is 0 Å². The molecule has 0 aliphatic heterocycles. The van der Waals surface area contributed by atoms with E-state index in [2.05, 4.69) is 0 Å². The lowest BCUT2D eigenvalue weighted by Gasteiger charge is -2.22. The first-order valence-corrected chi connectivity index (χ1v) is 7.43. The summed E-state index contributed by atoms with van der Waals surface area (Å²) >= 11 is 0. The molecule has 0 bridgehead atoms. The van der Waals surface area contributed by atoms with Gasteiger partial charge in [-0.1, -0.05) is 6.92 Å². The Labute approximate surface area is 118 Å². The quantitative estimate of drug-likeness (QED) is 0.592. The number of benzene rings is 1. The molecule has 0 saturated heterocycles. The van der Waals surface area contributed by atoms with E-state index in [0.29, 0.717) is 0 Å². The Morgan fingerprint density at radius 2 is 1.95 bits per heavy atom. The average molecular weight is 301 g/mol. The summed E-state index contributed by atoms with van der Waals surface area (Å²) < 4.78 is 25.9. The van der Waals surface area contributed by atoms with Crippen LogP contribution in [0.2, 0.25) is 0 Å². The second-order valence-electron chi connectivity index (χ2n) is 4.44. The van der Waals surface area contributed by atoms with Gasteiger partial charge in [0.1, 0.15) is 5.75 Å². The van der Waals surface area contributed by atoms with Crippen LogP contribution in [0, 0.1) is 0 Å². The topological polar surface area (TPSA) is 104 Å².